The highest BCUT2D eigenvalue weighted by molar-refractivity contribution is 5.38. The van der Waals surface area contributed by atoms with Gasteiger partial charge in [0, 0.05) is 32.9 Å². The third kappa shape index (κ3) is 5.15. The molecule has 1 rings (SSSR count). The molecule has 1 heterocycles. The van der Waals surface area contributed by atoms with E-state index in [0.717, 1.165) is 38.7 Å². The molecule has 0 aromatic carbocycles. The van der Waals surface area contributed by atoms with Crippen molar-refractivity contribution in [1.82, 2.24) is 10.3 Å². The zero-order valence-electron chi connectivity index (χ0n) is 11.1. The van der Waals surface area contributed by atoms with Crippen LogP contribution >= 0.6 is 0 Å². The van der Waals surface area contributed by atoms with Crippen LogP contribution in [0.15, 0.2) is 18.3 Å². The lowest BCUT2D eigenvalue weighted by molar-refractivity contribution is 0.154. The molecule has 0 bridgehead atoms. The normalized spacial score (nSPS) is 10.5. The Labute approximate surface area is 104 Å². The fourth-order valence-electron chi connectivity index (χ4n) is 1.48. The van der Waals surface area contributed by atoms with Gasteiger partial charge in [-0.2, -0.15) is 0 Å². The molecule has 4 nitrogen and oxygen atoms in total. The summed E-state index contributed by atoms with van der Waals surface area (Å²) in [4.78, 5) is 6.54. The van der Waals surface area contributed by atoms with Crippen molar-refractivity contribution in [3.8, 4) is 0 Å². The van der Waals surface area contributed by atoms with Gasteiger partial charge in [-0.05, 0) is 25.1 Å². The Hall–Kier alpha value is -1.13. The molecule has 17 heavy (non-hydrogen) atoms. The van der Waals surface area contributed by atoms with Crippen LogP contribution in [0.5, 0.6) is 0 Å². The number of nitrogens with one attached hydrogen (secondary N) is 1. The molecule has 1 aromatic rings. The highest BCUT2D eigenvalue weighted by atomic mass is 16.5. The van der Waals surface area contributed by atoms with Crippen molar-refractivity contribution in [2.24, 2.45) is 0 Å². The van der Waals surface area contributed by atoms with E-state index in [9.17, 15) is 0 Å². The number of pyridine rings is 1. The van der Waals surface area contributed by atoms with Crippen molar-refractivity contribution in [3.05, 3.63) is 23.9 Å². The van der Waals surface area contributed by atoms with Crippen LogP contribution in [-0.2, 0) is 11.3 Å². The van der Waals surface area contributed by atoms with Gasteiger partial charge in [-0.3, -0.25) is 0 Å². The van der Waals surface area contributed by atoms with Gasteiger partial charge in [-0.25, -0.2) is 4.98 Å². The minimum atomic E-state index is 0.744. The molecule has 0 saturated carbocycles. The highest BCUT2D eigenvalue weighted by Gasteiger charge is 2.01. The molecular weight excluding hydrogens is 214 g/mol. The molecule has 0 unspecified atom stereocenters. The summed E-state index contributed by atoms with van der Waals surface area (Å²) in [5.74, 6) is 0.991. The van der Waals surface area contributed by atoms with Crippen LogP contribution in [0.25, 0.3) is 0 Å². The summed E-state index contributed by atoms with van der Waals surface area (Å²) >= 11 is 0. The lowest BCUT2D eigenvalue weighted by atomic mass is 10.3. The average molecular weight is 237 g/mol. The predicted molar refractivity (Wildman–Crippen MR) is 71.4 cm³/mol. The van der Waals surface area contributed by atoms with Crippen molar-refractivity contribution in [3.63, 3.8) is 0 Å². The van der Waals surface area contributed by atoms with Gasteiger partial charge in [0.2, 0.25) is 0 Å². The number of hydrogen-bond donors (Lipinski definition) is 1. The molecule has 0 aliphatic carbocycles. The summed E-state index contributed by atoms with van der Waals surface area (Å²) in [6.07, 6.45) is 1.93. The molecule has 0 saturated heterocycles. The van der Waals surface area contributed by atoms with Crippen molar-refractivity contribution in [2.45, 2.75) is 20.4 Å². The number of aromatic nitrogens is 1. The first-order chi connectivity index (χ1) is 8.27. The van der Waals surface area contributed by atoms with E-state index >= 15 is 0 Å². The largest absolute Gasteiger partial charge is 0.380 e. The first-order valence-corrected chi connectivity index (χ1v) is 6.22. The zero-order chi connectivity index (χ0) is 12.5. The Morgan fingerprint density at radius 1 is 1.35 bits per heavy atom. The van der Waals surface area contributed by atoms with Crippen LogP contribution < -0.4 is 10.2 Å². The molecule has 0 atom stereocenters. The molecule has 1 aromatic heterocycles. The second kappa shape index (κ2) is 8.03. The van der Waals surface area contributed by atoms with Crippen molar-refractivity contribution in [2.75, 3.05) is 38.3 Å². The van der Waals surface area contributed by atoms with Gasteiger partial charge in [0.1, 0.15) is 5.82 Å². The maximum Gasteiger partial charge on any atom is 0.128 e. The Kier molecular flexibility index (Phi) is 6.58. The number of likely N-dealkylation sites (N-methyl/N-ethyl adjacent to an activating group) is 1. The molecule has 0 amide bonds. The van der Waals surface area contributed by atoms with E-state index in [1.807, 2.05) is 20.2 Å². The predicted octanol–water partition coefficient (Wildman–Crippen LogP) is 1.66. The first kappa shape index (κ1) is 13.9. The third-order valence-corrected chi connectivity index (χ3v) is 2.55. The summed E-state index contributed by atoms with van der Waals surface area (Å²) in [6.45, 7) is 8.35. The van der Waals surface area contributed by atoms with Crippen LogP contribution in [0, 0.1) is 0 Å². The minimum absolute atomic E-state index is 0.744. The third-order valence-electron chi connectivity index (χ3n) is 2.55. The summed E-state index contributed by atoms with van der Waals surface area (Å²) in [6, 6.07) is 4.17. The number of rotatable bonds is 8. The fraction of sp³-hybridized carbons (Fsp3) is 0.615. The van der Waals surface area contributed by atoms with E-state index in [4.69, 9.17) is 4.74 Å². The van der Waals surface area contributed by atoms with Gasteiger partial charge in [-0.1, -0.05) is 13.0 Å². The lowest BCUT2D eigenvalue weighted by Crippen LogP contribution is -2.23. The van der Waals surface area contributed by atoms with Crippen LogP contribution in [0.3, 0.4) is 0 Å². The summed E-state index contributed by atoms with van der Waals surface area (Å²) in [5, 5.41) is 3.28. The van der Waals surface area contributed by atoms with Gasteiger partial charge in [-0.15, -0.1) is 0 Å². The van der Waals surface area contributed by atoms with E-state index < -0.39 is 0 Å². The maximum absolute atomic E-state index is 5.32. The van der Waals surface area contributed by atoms with E-state index in [1.165, 1.54) is 5.56 Å². The average Bonchev–Trinajstić information content (AvgIpc) is 2.37. The van der Waals surface area contributed by atoms with Crippen LogP contribution in [0.1, 0.15) is 19.4 Å². The maximum atomic E-state index is 5.32. The minimum Gasteiger partial charge on any atom is -0.380 e. The van der Waals surface area contributed by atoms with Gasteiger partial charge in [0.15, 0.2) is 0 Å². The van der Waals surface area contributed by atoms with Crippen LogP contribution in [-0.4, -0.2) is 38.3 Å². The molecule has 0 fully saturated rings. The Morgan fingerprint density at radius 3 is 2.76 bits per heavy atom. The number of nitrogens with zero attached hydrogens (tertiary/aromatic N) is 2. The Morgan fingerprint density at radius 2 is 2.18 bits per heavy atom. The molecule has 0 aliphatic heterocycles. The van der Waals surface area contributed by atoms with E-state index in [2.05, 4.69) is 34.3 Å². The van der Waals surface area contributed by atoms with E-state index in [1.54, 1.807) is 0 Å². The second-order valence-electron chi connectivity index (χ2n) is 3.92. The summed E-state index contributed by atoms with van der Waals surface area (Å²) in [7, 11) is 2.03. The number of anilines is 1. The zero-order valence-corrected chi connectivity index (χ0v) is 11.1. The first-order valence-electron chi connectivity index (χ1n) is 6.22. The smallest absolute Gasteiger partial charge is 0.128 e. The van der Waals surface area contributed by atoms with Crippen LogP contribution in [0.4, 0.5) is 5.82 Å². The molecule has 96 valence electrons. The SMILES string of the molecule is CCNCc1ccc(N(C)CCOCC)nc1. The van der Waals surface area contributed by atoms with Gasteiger partial charge < -0.3 is 15.0 Å². The van der Waals surface area contributed by atoms with Crippen molar-refractivity contribution in [1.29, 1.82) is 0 Å². The quantitative estimate of drug-likeness (QED) is 0.698. The molecule has 0 spiro atoms. The molecule has 0 radical (unpaired) electrons. The molecular formula is C13H23N3O. The van der Waals surface area contributed by atoms with Gasteiger partial charge in [0.05, 0.1) is 6.61 Å². The molecule has 4 heteroatoms. The second-order valence-corrected chi connectivity index (χ2v) is 3.92. The Balaban J connectivity index is 2.43. The van der Waals surface area contributed by atoms with E-state index in [-0.39, 0.29) is 0 Å². The van der Waals surface area contributed by atoms with Crippen LogP contribution in [0.2, 0.25) is 0 Å². The summed E-state index contributed by atoms with van der Waals surface area (Å²) < 4.78 is 5.32. The monoisotopic (exact) mass is 237 g/mol. The van der Waals surface area contributed by atoms with Gasteiger partial charge >= 0.3 is 0 Å². The standard InChI is InChI=1S/C13H23N3O/c1-4-14-10-12-6-7-13(15-11-12)16(3)8-9-17-5-2/h6-7,11,14H,4-5,8-10H2,1-3H3. The summed E-state index contributed by atoms with van der Waals surface area (Å²) in [5.41, 5.74) is 1.22. The number of hydrogen-bond acceptors (Lipinski definition) is 4. The van der Waals surface area contributed by atoms with Crippen molar-refractivity contribution < 1.29 is 4.74 Å². The molecule has 1 N–H and O–H groups in total. The molecule has 0 aliphatic rings. The topological polar surface area (TPSA) is 37.4 Å². The number of ether oxygens (including phenoxy) is 1. The van der Waals surface area contributed by atoms with Crippen molar-refractivity contribution >= 4 is 5.82 Å². The highest BCUT2D eigenvalue weighted by Crippen LogP contribution is 2.09. The van der Waals surface area contributed by atoms with Gasteiger partial charge in [0.25, 0.3) is 0 Å². The van der Waals surface area contributed by atoms with E-state index in [0.29, 0.717) is 0 Å². The Bertz CT molecular complexity index is 300. The fourth-order valence-corrected chi connectivity index (χ4v) is 1.48. The lowest BCUT2D eigenvalue weighted by Gasteiger charge is -2.18.